The largest absolute Gasteiger partial charge is 0.493 e. The van der Waals surface area contributed by atoms with Crippen LogP contribution in [0.2, 0.25) is 0 Å². The molecular weight excluding hydrogens is 294 g/mol. The van der Waals surface area contributed by atoms with E-state index in [9.17, 15) is 0 Å². The van der Waals surface area contributed by atoms with Crippen LogP contribution in [0.1, 0.15) is 22.1 Å². The summed E-state index contributed by atoms with van der Waals surface area (Å²) >= 11 is 1.95. The fraction of sp³-hybridized carbons (Fsp3) is 0.333. The first-order valence-electron chi connectivity index (χ1n) is 7.53. The van der Waals surface area contributed by atoms with Gasteiger partial charge < -0.3 is 9.47 Å². The van der Waals surface area contributed by atoms with E-state index in [0.717, 1.165) is 31.0 Å². The molecule has 0 fully saturated rings. The number of hydrogen-bond donors (Lipinski definition) is 0. The maximum absolute atomic E-state index is 5.50. The van der Waals surface area contributed by atoms with Crippen molar-refractivity contribution in [3.8, 4) is 11.5 Å². The van der Waals surface area contributed by atoms with Crippen LogP contribution >= 0.6 is 11.8 Å². The van der Waals surface area contributed by atoms with Gasteiger partial charge in [0.05, 0.1) is 19.6 Å². The summed E-state index contributed by atoms with van der Waals surface area (Å²) in [6.45, 7) is 2.12. The lowest BCUT2D eigenvalue weighted by molar-refractivity contribution is 0.229. The molecule has 4 heteroatoms. The lowest BCUT2D eigenvalue weighted by Gasteiger charge is -2.40. The molecule has 4 rings (SSSR count). The second-order valence-electron chi connectivity index (χ2n) is 5.70. The average molecular weight is 313 g/mol. The molecule has 0 amide bonds. The molecule has 2 aliphatic heterocycles. The third-order valence-electron chi connectivity index (χ3n) is 4.50. The monoisotopic (exact) mass is 313 g/mol. The number of fused-ring (bicyclic) bond motifs is 4. The van der Waals surface area contributed by atoms with Crippen LogP contribution in [-0.2, 0) is 13.0 Å². The van der Waals surface area contributed by atoms with E-state index < -0.39 is 0 Å². The first-order chi connectivity index (χ1) is 10.8. The standard InChI is InChI=1S/C18H19NO2S/c1-20-15-9-12-7-8-19-11-13-5-3-4-6-17(13)22-18(19)14(12)10-16(15)21-2/h3-6,9-10,18H,7-8,11H2,1-2H3. The summed E-state index contributed by atoms with van der Waals surface area (Å²) < 4.78 is 10.9. The van der Waals surface area contributed by atoms with Gasteiger partial charge in [-0.3, -0.25) is 4.90 Å². The Morgan fingerprint density at radius 2 is 1.82 bits per heavy atom. The topological polar surface area (TPSA) is 21.7 Å². The minimum Gasteiger partial charge on any atom is -0.493 e. The number of methoxy groups -OCH3 is 2. The van der Waals surface area contributed by atoms with Gasteiger partial charge in [0.1, 0.15) is 0 Å². The van der Waals surface area contributed by atoms with Crippen molar-refractivity contribution in [3.05, 3.63) is 53.1 Å². The average Bonchev–Trinajstić information content (AvgIpc) is 2.58. The van der Waals surface area contributed by atoms with E-state index in [1.54, 1.807) is 14.2 Å². The van der Waals surface area contributed by atoms with Crippen molar-refractivity contribution >= 4 is 11.8 Å². The van der Waals surface area contributed by atoms with Gasteiger partial charge in [0.15, 0.2) is 11.5 Å². The molecule has 0 aromatic heterocycles. The molecular formula is C18H19NO2S. The highest BCUT2D eigenvalue weighted by Gasteiger charge is 2.33. The Hall–Kier alpha value is -1.65. The van der Waals surface area contributed by atoms with E-state index in [4.69, 9.17) is 9.47 Å². The van der Waals surface area contributed by atoms with Crippen molar-refractivity contribution in [2.75, 3.05) is 20.8 Å². The van der Waals surface area contributed by atoms with E-state index in [1.165, 1.54) is 21.6 Å². The second kappa shape index (κ2) is 5.52. The molecule has 0 saturated heterocycles. The van der Waals surface area contributed by atoms with Gasteiger partial charge in [-0.25, -0.2) is 0 Å². The zero-order chi connectivity index (χ0) is 15.1. The van der Waals surface area contributed by atoms with Crippen molar-refractivity contribution in [2.45, 2.75) is 23.2 Å². The lowest BCUT2D eigenvalue weighted by Crippen LogP contribution is -2.35. The lowest BCUT2D eigenvalue weighted by atomic mass is 9.97. The van der Waals surface area contributed by atoms with Crippen molar-refractivity contribution < 1.29 is 9.47 Å². The molecule has 0 bridgehead atoms. The number of ether oxygens (including phenoxy) is 2. The third-order valence-corrected chi connectivity index (χ3v) is 5.92. The summed E-state index contributed by atoms with van der Waals surface area (Å²) in [4.78, 5) is 3.95. The van der Waals surface area contributed by atoms with E-state index in [-0.39, 0.29) is 0 Å². The number of thioether (sulfide) groups is 1. The molecule has 2 heterocycles. The van der Waals surface area contributed by atoms with Crippen LogP contribution in [-0.4, -0.2) is 25.7 Å². The fourth-order valence-electron chi connectivity index (χ4n) is 3.35. The first kappa shape index (κ1) is 14.0. The van der Waals surface area contributed by atoms with Crippen LogP contribution in [0.3, 0.4) is 0 Å². The summed E-state index contributed by atoms with van der Waals surface area (Å²) in [5, 5.41) is 0.374. The number of benzene rings is 2. The molecule has 0 spiro atoms. The zero-order valence-corrected chi connectivity index (χ0v) is 13.7. The normalized spacial score (nSPS) is 19.8. The fourth-order valence-corrected chi connectivity index (χ4v) is 4.71. The smallest absolute Gasteiger partial charge is 0.161 e. The van der Waals surface area contributed by atoms with Crippen LogP contribution in [0.4, 0.5) is 0 Å². The maximum atomic E-state index is 5.50. The van der Waals surface area contributed by atoms with Gasteiger partial charge >= 0.3 is 0 Å². The Balaban J connectivity index is 1.77. The van der Waals surface area contributed by atoms with Gasteiger partial charge in [0, 0.05) is 18.0 Å². The Labute approximate surface area is 135 Å². The highest BCUT2D eigenvalue weighted by atomic mass is 32.2. The molecule has 114 valence electrons. The Morgan fingerprint density at radius 1 is 1.05 bits per heavy atom. The molecule has 2 aromatic rings. The molecule has 1 unspecified atom stereocenters. The zero-order valence-electron chi connectivity index (χ0n) is 12.8. The van der Waals surface area contributed by atoms with Crippen molar-refractivity contribution in [1.82, 2.24) is 4.90 Å². The van der Waals surface area contributed by atoms with Crippen molar-refractivity contribution in [3.63, 3.8) is 0 Å². The predicted octanol–water partition coefficient (Wildman–Crippen LogP) is 3.87. The van der Waals surface area contributed by atoms with Crippen LogP contribution in [0.5, 0.6) is 11.5 Å². The molecule has 0 saturated carbocycles. The minimum atomic E-state index is 0.374. The Bertz CT molecular complexity index is 716. The van der Waals surface area contributed by atoms with Crippen molar-refractivity contribution in [1.29, 1.82) is 0 Å². The molecule has 3 nitrogen and oxygen atoms in total. The van der Waals surface area contributed by atoms with E-state index in [0.29, 0.717) is 5.37 Å². The Kier molecular flexibility index (Phi) is 3.51. The molecule has 0 radical (unpaired) electrons. The SMILES string of the molecule is COc1cc2c(cc1OC)C1Sc3ccccc3CN1CC2. The third kappa shape index (κ3) is 2.18. The molecule has 1 atom stereocenters. The van der Waals surface area contributed by atoms with E-state index in [1.807, 2.05) is 11.8 Å². The number of nitrogens with zero attached hydrogens (tertiary/aromatic N) is 1. The second-order valence-corrected chi connectivity index (χ2v) is 6.83. The molecule has 2 aliphatic rings. The van der Waals surface area contributed by atoms with Gasteiger partial charge in [-0.2, -0.15) is 0 Å². The van der Waals surface area contributed by atoms with Crippen LogP contribution in [0, 0.1) is 0 Å². The van der Waals surface area contributed by atoms with Crippen molar-refractivity contribution in [2.24, 2.45) is 0 Å². The highest BCUT2D eigenvalue weighted by molar-refractivity contribution is 7.99. The summed E-state index contributed by atoms with van der Waals surface area (Å²) in [6, 6.07) is 13.0. The Morgan fingerprint density at radius 3 is 2.64 bits per heavy atom. The van der Waals surface area contributed by atoms with E-state index in [2.05, 4.69) is 41.3 Å². The van der Waals surface area contributed by atoms with Gasteiger partial charge in [-0.1, -0.05) is 18.2 Å². The number of hydrogen-bond acceptors (Lipinski definition) is 4. The minimum absolute atomic E-state index is 0.374. The maximum Gasteiger partial charge on any atom is 0.161 e. The number of rotatable bonds is 2. The molecule has 2 aromatic carbocycles. The van der Waals surface area contributed by atoms with Crippen LogP contribution in [0.15, 0.2) is 41.3 Å². The van der Waals surface area contributed by atoms with Crippen LogP contribution in [0.25, 0.3) is 0 Å². The first-order valence-corrected chi connectivity index (χ1v) is 8.41. The summed E-state index contributed by atoms with van der Waals surface area (Å²) in [5.74, 6) is 1.65. The summed E-state index contributed by atoms with van der Waals surface area (Å²) in [6.07, 6.45) is 1.06. The van der Waals surface area contributed by atoms with E-state index >= 15 is 0 Å². The molecule has 22 heavy (non-hydrogen) atoms. The van der Waals surface area contributed by atoms with Gasteiger partial charge in [0.2, 0.25) is 0 Å². The van der Waals surface area contributed by atoms with Gasteiger partial charge in [-0.05, 0) is 41.3 Å². The summed E-state index contributed by atoms with van der Waals surface area (Å²) in [7, 11) is 3.40. The highest BCUT2D eigenvalue weighted by Crippen LogP contribution is 2.49. The molecule has 0 aliphatic carbocycles. The quantitative estimate of drug-likeness (QED) is 0.839. The van der Waals surface area contributed by atoms with Crippen LogP contribution < -0.4 is 9.47 Å². The van der Waals surface area contributed by atoms with Gasteiger partial charge in [0.25, 0.3) is 0 Å². The summed E-state index contributed by atoms with van der Waals surface area (Å²) in [5.41, 5.74) is 4.18. The predicted molar refractivity (Wildman–Crippen MR) is 88.7 cm³/mol. The molecule has 0 N–H and O–H groups in total. The van der Waals surface area contributed by atoms with Gasteiger partial charge in [-0.15, -0.1) is 11.8 Å².